The van der Waals surface area contributed by atoms with Crippen LogP contribution < -0.4 is 10.6 Å². The van der Waals surface area contributed by atoms with Crippen LogP contribution in [0.15, 0.2) is 29.3 Å². The van der Waals surface area contributed by atoms with Crippen LogP contribution in [0.5, 0.6) is 0 Å². The highest BCUT2D eigenvalue weighted by molar-refractivity contribution is 8.13. The molecule has 20 heavy (non-hydrogen) atoms. The van der Waals surface area contributed by atoms with Gasteiger partial charge in [-0.05, 0) is 44.6 Å². The molecule has 0 bridgehead atoms. The van der Waals surface area contributed by atoms with Crippen LogP contribution in [0.1, 0.15) is 0 Å². The molecule has 0 spiro atoms. The number of aliphatic imine (C=N–C) groups is 1. The Morgan fingerprint density at radius 3 is 2.55 bits per heavy atom. The first-order chi connectivity index (χ1) is 9.55. The lowest BCUT2D eigenvalue weighted by atomic mass is 10.3. The highest BCUT2D eigenvalue weighted by atomic mass is 32.2. The number of rotatable bonds is 4. The predicted molar refractivity (Wildman–Crippen MR) is 83.0 cm³/mol. The standard InChI is InChI=1S/C13H17N5OS/c1-18(2)8-12(19)16-10-4-6-11(7-5-10)17-13(20-3)15-9-14/h4-7H,8H2,1-3H3,(H,15,17)(H,16,19). The summed E-state index contributed by atoms with van der Waals surface area (Å²) in [5.74, 6) is -0.0674. The van der Waals surface area contributed by atoms with E-state index in [1.54, 1.807) is 29.2 Å². The summed E-state index contributed by atoms with van der Waals surface area (Å²) < 4.78 is 0. The molecule has 6 nitrogen and oxygen atoms in total. The van der Waals surface area contributed by atoms with Crippen molar-refractivity contribution in [3.8, 4) is 6.19 Å². The topological polar surface area (TPSA) is 80.5 Å². The average Bonchev–Trinajstić information content (AvgIpc) is 2.39. The van der Waals surface area contributed by atoms with Gasteiger partial charge in [0.2, 0.25) is 5.91 Å². The number of benzene rings is 1. The third-order valence-electron chi connectivity index (χ3n) is 2.20. The number of nitriles is 1. The fourth-order valence-corrected chi connectivity index (χ4v) is 1.74. The third kappa shape index (κ3) is 5.73. The fourth-order valence-electron chi connectivity index (χ4n) is 1.40. The zero-order chi connectivity index (χ0) is 15.0. The van der Waals surface area contributed by atoms with Gasteiger partial charge in [0.25, 0.3) is 0 Å². The summed E-state index contributed by atoms with van der Waals surface area (Å²) in [6.07, 6.45) is 3.66. The van der Waals surface area contributed by atoms with Crippen LogP contribution >= 0.6 is 11.8 Å². The molecule has 1 amide bonds. The smallest absolute Gasteiger partial charge is 0.238 e. The van der Waals surface area contributed by atoms with Crippen LogP contribution in [0.25, 0.3) is 0 Å². The highest BCUT2D eigenvalue weighted by Gasteiger charge is 2.03. The van der Waals surface area contributed by atoms with Gasteiger partial charge in [-0.3, -0.25) is 10.1 Å². The second kappa shape index (κ2) is 8.19. The SMILES string of the molecule is CSC(=Nc1ccc(NC(=O)CN(C)C)cc1)NC#N. The Morgan fingerprint density at radius 2 is 2.05 bits per heavy atom. The second-order valence-electron chi connectivity index (χ2n) is 4.19. The van der Waals surface area contributed by atoms with Gasteiger partial charge >= 0.3 is 0 Å². The average molecular weight is 291 g/mol. The molecule has 0 aliphatic rings. The molecule has 0 unspecified atom stereocenters. The molecule has 0 saturated heterocycles. The van der Waals surface area contributed by atoms with Crippen molar-refractivity contribution in [1.82, 2.24) is 10.2 Å². The summed E-state index contributed by atoms with van der Waals surface area (Å²) in [6, 6.07) is 7.11. The van der Waals surface area contributed by atoms with Crippen molar-refractivity contribution in [2.45, 2.75) is 0 Å². The molecule has 106 valence electrons. The van der Waals surface area contributed by atoms with Gasteiger partial charge in [-0.25, -0.2) is 4.99 Å². The number of hydrogen-bond donors (Lipinski definition) is 2. The summed E-state index contributed by atoms with van der Waals surface area (Å²) in [5.41, 5.74) is 1.43. The summed E-state index contributed by atoms with van der Waals surface area (Å²) in [5, 5.41) is 14.4. The number of carbonyl (C=O) groups is 1. The number of nitrogens with zero attached hydrogens (tertiary/aromatic N) is 3. The molecule has 0 atom stereocenters. The van der Waals surface area contributed by atoms with E-state index in [0.717, 1.165) is 5.69 Å². The Balaban J connectivity index is 2.69. The van der Waals surface area contributed by atoms with Crippen LogP contribution in [-0.2, 0) is 4.79 Å². The van der Waals surface area contributed by atoms with Gasteiger partial charge in [0.1, 0.15) is 0 Å². The van der Waals surface area contributed by atoms with Gasteiger partial charge in [0.15, 0.2) is 11.4 Å². The molecular weight excluding hydrogens is 274 g/mol. The molecule has 1 aromatic rings. The van der Waals surface area contributed by atoms with E-state index in [2.05, 4.69) is 15.6 Å². The Bertz CT molecular complexity index is 519. The number of thioether (sulfide) groups is 1. The van der Waals surface area contributed by atoms with Gasteiger partial charge in [0.05, 0.1) is 12.2 Å². The van der Waals surface area contributed by atoms with Crippen LogP contribution in [0.4, 0.5) is 11.4 Å². The second-order valence-corrected chi connectivity index (χ2v) is 4.99. The third-order valence-corrected chi connectivity index (χ3v) is 2.78. The summed E-state index contributed by atoms with van der Waals surface area (Å²) in [6.45, 7) is 0.336. The van der Waals surface area contributed by atoms with Crippen LogP contribution in [-0.4, -0.2) is 42.9 Å². The first-order valence-electron chi connectivity index (χ1n) is 5.87. The zero-order valence-electron chi connectivity index (χ0n) is 11.7. The first kappa shape index (κ1) is 16.0. The van der Waals surface area contributed by atoms with Crippen LogP contribution in [0.3, 0.4) is 0 Å². The monoisotopic (exact) mass is 291 g/mol. The maximum absolute atomic E-state index is 11.6. The summed E-state index contributed by atoms with van der Waals surface area (Å²) in [7, 11) is 3.67. The summed E-state index contributed by atoms with van der Waals surface area (Å²) in [4.78, 5) is 17.6. The van der Waals surface area contributed by atoms with Gasteiger partial charge in [-0.1, -0.05) is 11.8 Å². The van der Waals surface area contributed by atoms with E-state index < -0.39 is 0 Å². The minimum atomic E-state index is -0.0674. The van der Waals surface area contributed by atoms with Gasteiger partial charge in [-0.2, -0.15) is 5.26 Å². The lowest BCUT2D eigenvalue weighted by Gasteiger charge is -2.10. The van der Waals surface area contributed by atoms with E-state index in [4.69, 9.17) is 5.26 Å². The van der Waals surface area contributed by atoms with E-state index in [9.17, 15) is 4.79 Å². The molecule has 0 aliphatic heterocycles. The lowest BCUT2D eigenvalue weighted by molar-refractivity contribution is -0.116. The van der Waals surface area contributed by atoms with Gasteiger partial charge in [-0.15, -0.1) is 0 Å². The largest absolute Gasteiger partial charge is 0.325 e. The van der Waals surface area contributed by atoms with Crippen LogP contribution in [0, 0.1) is 11.5 Å². The van der Waals surface area contributed by atoms with E-state index in [1.165, 1.54) is 11.8 Å². The van der Waals surface area contributed by atoms with E-state index in [0.29, 0.717) is 17.4 Å². The molecule has 2 N–H and O–H groups in total. The number of anilines is 1. The lowest BCUT2D eigenvalue weighted by Crippen LogP contribution is -2.26. The Labute approximate surface area is 122 Å². The number of amides is 1. The van der Waals surface area contributed by atoms with Crippen molar-refractivity contribution in [2.75, 3.05) is 32.2 Å². The Morgan fingerprint density at radius 1 is 1.40 bits per heavy atom. The quantitative estimate of drug-likeness (QED) is 0.381. The summed E-state index contributed by atoms with van der Waals surface area (Å²) >= 11 is 1.35. The minimum absolute atomic E-state index is 0.0674. The highest BCUT2D eigenvalue weighted by Crippen LogP contribution is 2.17. The molecule has 0 radical (unpaired) electrons. The molecule has 0 fully saturated rings. The molecule has 7 heteroatoms. The van der Waals surface area contributed by atoms with Gasteiger partial charge in [0, 0.05) is 5.69 Å². The molecular formula is C13H17N5OS. The number of hydrogen-bond acceptors (Lipinski definition) is 5. The fraction of sp³-hybridized carbons (Fsp3) is 0.308. The predicted octanol–water partition coefficient (Wildman–Crippen LogP) is 1.61. The van der Waals surface area contributed by atoms with E-state index in [1.807, 2.05) is 26.5 Å². The molecule has 1 aromatic carbocycles. The molecule has 1 rings (SSSR count). The van der Waals surface area contributed by atoms with Crippen molar-refractivity contribution in [1.29, 1.82) is 5.26 Å². The molecule has 0 saturated carbocycles. The van der Waals surface area contributed by atoms with Crippen molar-refractivity contribution in [3.63, 3.8) is 0 Å². The van der Waals surface area contributed by atoms with Crippen molar-refractivity contribution < 1.29 is 4.79 Å². The molecule has 0 heterocycles. The van der Waals surface area contributed by atoms with Crippen LogP contribution in [0.2, 0.25) is 0 Å². The maximum atomic E-state index is 11.6. The van der Waals surface area contributed by atoms with Crippen molar-refractivity contribution >= 4 is 34.2 Å². The minimum Gasteiger partial charge on any atom is -0.325 e. The Hall–Kier alpha value is -2.04. The van der Waals surface area contributed by atoms with Gasteiger partial charge < -0.3 is 10.2 Å². The van der Waals surface area contributed by atoms with Crippen molar-refractivity contribution in [2.24, 2.45) is 4.99 Å². The number of nitrogens with one attached hydrogen (secondary N) is 2. The number of carbonyl (C=O) groups excluding carboxylic acids is 1. The maximum Gasteiger partial charge on any atom is 0.238 e. The van der Waals surface area contributed by atoms with Crippen molar-refractivity contribution in [3.05, 3.63) is 24.3 Å². The number of likely N-dealkylation sites (N-methyl/N-ethyl adjacent to an activating group) is 1. The normalized spacial score (nSPS) is 11.1. The number of amidine groups is 1. The zero-order valence-corrected chi connectivity index (χ0v) is 12.5. The molecule has 0 aromatic heterocycles. The molecule has 0 aliphatic carbocycles. The Kier molecular flexibility index (Phi) is 6.56. The van der Waals surface area contributed by atoms with E-state index >= 15 is 0 Å². The van der Waals surface area contributed by atoms with E-state index in [-0.39, 0.29) is 5.91 Å². The first-order valence-corrected chi connectivity index (χ1v) is 7.10.